The van der Waals surface area contributed by atoms with Gasteiger partial charge in [-0.05, 0) is 56.7 Å². The average molecular weight is 429 g/mol. The lowest BCUT2D eigenvalue weighted by Crippen LogP contribution is -2.42. The second-order valence-corrected chi connectivity index (χ2v) is 8.91. The van der Waals surface area contributed by atoms with Gasteiger partial charge in [0.05, 0.1) is 27.6 Å². The van der Waals surface area contributed by atoms with E-state index in [4.69, 9.17) is 0 Å². The van der Waals surface area contributed by atoms with Crippen LogP contribution >= 0.6 is 0 Å². The normalized spacial score (nSPS) is 12.1. The summed E-state index contributed by atoms with van der Waals surface area (Å²) in [5.41, 5.74) is -2.49. The number of carboxylic acids is 1. The van der Waals surface area contributed by atoms with Crippen molar-refractivity contribution < 1.29 is 36.3 Å². The largest absolute Gasteiger partial charge is 0.478 e. The molecular formula is C19H18F3NO5S. The molecule has 29 heavy (non-hydrogen) atoms. The van der Waals surface area contributed by atoms with E-state index < -0.39 is 55.7 Å². The zero-order chi connectivity index (χ0) is 22.1. The Bertz CT molecular complexity index is 1060. The quantitative estimate of drug-likeness (QED) is 0.773. The van der Waals surface area contributed by atoms with Gasteiger partial charge in [0, 0.05) is 0 Å². The maximum Gasteiger partial charge on any atom is 0.416 e. The van der Waals surface area contributed by atoms with Crippen LogP contribution in [0.1, 0.15) is 45.7 Å². The van der Waals surface area contributed by atoms with Crippen LogP contribution in [-0.4, -0.2) is 30.7 Å². The number of aryl methyl sites for hydroxylation is 1. The topological polar surface area (TPSA) is 91.8 Å². The van der Waals surface area contributed by atoms with Gasteiger partial charge in [0.2, 0.25) is 10.0 Å². The number of carbonyl (C=O) groups is 2. The Morgan fingerprint density at radius 1 is 1.03 bits per heavy atom. The number of alkyl halides is 3. The molecule has 1 amide bonds. The number of hydrogen-bond donors (Lipinski definition) is 1. The first-order chi connectivity index (χ1) is 13.3. The number of nitrogens with zero attached hydrogens (tertiary/aromatic N) is 1. The monoisotopic (exact) mass is 429 g/mol. The fourth-order valence-electron chi connectivity index (χ4n) is 2.60. The summed E-state index contributed by atoms with van der Waals surface area (Å²) in [6.45, 7) is 3.85. The van der Waals surface area contributed by atoms with Crippen molar-refractivity contribution in [2.45, 2.75) is 32.2 Å². The summed E-state index contributed by atoms with van der Waals surface area (Å²) in [6.07, 6.45) is -4.77. The van der Waals surface area contributed by atoms with Gasteiger partial charge in [-0.2, -0.15) is 13.2 Å². The third-order valence-electron chi connectivity index (χ3n) is 4.05. The molecule has 0 aromatic heterocycles. The Morgan fingerprint density at radius 2 is 1.59 bits per heavy atom. The highest BCUT2D eigenvalue weighted by Crippen LogP contribution is 2.34. The molecule has 0 aliphatic carbocycles. The van der Waals surface area contributed by atoms with E-state index in [1.54, 1.807) is 0 Å². The van der Waals surface area contributed by atoms with Crippen LogP contribution in [0.3, 0.4) is 0 Å². The van der Waals surface area contributed by atoms with Crippen LogP contribution in [0.2, 0.25) is 0 Å². The molecule has 0 unspecified atom stereocenters. The summed E-state index contributed by atoms with van der Waals surface area (Å²) >= 11 is 0. The van der Waals surface area contributed by atoms with Crippen LogP contribution in [-0.2, 0) is 16.2 Å². The SMILES string of the molecule is Cc1cc(N(C(=O)c2ccccc2C(=O)O)S(=O)(=O)C(C)C)cc(C(F)(F)F)c1. The number of aromatic carboxylic acids is 1. The van der Waals surface area contributed by atoms with Gasteiger partial charge in [-0.1, -0.05) is 12.1 Å². The molecule has 0 spiro atoms. The molecule has 0 saturated carbocycles. The maximum absolute atomic E-state index is 13.2. The number of carbonyl (C=O) groups excluding carboxylic acids is 1. The Balaban J connectivity index is 2.79. The fourth-order valence-corrected chi connectivity index (χ4v) is 3.75. The van der Waals surface area contributed by atoms with Gasteiger partial charge in [0.15, 0.2) is 0 Å². The van der Waals surface area contributed by atoms with Crippen molar-refractivity contribution in [3.63, 3.8) is 0 Å². The van der Waals surface area contributed by atoms with Crippen molar-refractivity contribution in [3.8, 4) is 0 Å². The minimum atomic E-state index is -4.77. The van der Waals surface area contributed by atoms with Crippen molar-refractivity contribution in [1.82, 2.24) is 0 Å². The lowest BCUT2D eigenvalue weighted by Gasteiger charge is -2.26. The van der Waals surface area contributed by atoms with Crippen molar-refractivity contribution in [2.75, 3.05) is 4.31 Å². The number of halogens is 3. The molecular weight excluding hydrogens is 411 g/mol. The summed E-state index contributed by atoms with van der Waals surface area (Å²) in [7, 11) is -4.44. The second kappa shape index (κ2) is 7.86. The molecule has 0 radical (unpaired) electrons. The molecule has 0 saturated heterocycles. The molecule has 0 heterocycles. The number of amides is 1. The molecule has 0 aliphatic rings. The number of hydrogen-bond acceptors (Lipinski definition) is 4. The zero-order valence-electron chi connectivity index (χ0n) is 15.7. The highest BCUT2D eigenvalue weighted by Gasteiger charge is 2.37. The molecule has 2 aromatic rings. The summed E-state index contributed by atoms with van der Waals surface area (Å²) in [6, 6.07) is 7.37. The predicted octanol–water partition coefficient (Wildman–Crippen LogP) is 4.10. The Morgan fingerprint density at radius 3 is 2.07 bits per heavy atom. The van der Waals surface area contributed by atoms with E-state index in [9.17, 15) is 36.3 Å². The molecule has 0 aliphatic heterocycles. The molecule has 1 N–H and O–H groups in total. The van der Waals surface area contributed by atoms with Gasteiger partial charge in [-0.3, -0.25) is 4.79 Å². The third-order valence-corrected chi connectivity index (χ3v) is 6.12. The van der Waals surface area contributed by atoms with Gasteiger partial charge in [0.1, 0.15) is 0 Å². The van der Waals surface area contributed by atoms with Crippen LogP contribution < -0.4 is 4.31 Å². The molecule has 0 bridgehead atoms. The minimum absolute atomic E-state index is 0.0816. The van der Waals surface area contributed by atoms with Crippen LogP contribution in [0.5, 0.6) is 0 Å². The van der Waals surface area contributed by atoms with E-state index >= 15 is 0 Å². The minimum Gasteiger partial charge on any atom is -0.478 e. The number of anilines is 1. The highest BCUT2D eigenvalue weighted by atomic mass is 32.2. The van der Waals surface area contributed by atoms with E-state index in [2.05, 4.69) is 0 Å². The molecule has 2 aromatic carbocycles. The lowest BCUT2D eigenvalue weighted by atomic mass is 10.1. The van der Waals surface area contributed by atoms with E-state index in [0.717, 1.165) is 24.3 Å². The smallest absolute Gasteiger partial charge is 0.416 e. The van der Waals surface area contributed by atoms with Gasteiger partial charge in [0.25, 0.3) is 5.91 Å². The van der Waals surface area contributed by atoms with Gasteiger partial charge in [-0.15, -0.1) is 0 Å². The third kappa shape index (κ3) is 4.58. The number of carboxylic acid groups (broad SMARTS) is 1. The van der Waals surface area contributed by atoms with E-state index in [0.29, 0.717) is 6.07 Å². The summed E-state index contributed by atoms with van der Waals surface area (Å²) in [5.74, 6) is -2.73. The number of rotatable bonds is 5. The van der Waals surface area contributed by atoms with Crippen LogP contribution in [0.4, 0.5) is 18.9 Å². The Kier molecular flexibility index (Phi) is 6.07. The van der Waals surface area contributed by atoms with Crippen LogP contribution in [0.25, 0.3) is 0 Å². The molecule has 0 atom stereocenters. The molecule has 6 nitrogen and oxygen atoms in total. The molecule has 2 rings (SSSR count). The van der Waals surface area contributed by atoms with Gasteiger partial charge >= 0.3 is 12.1 Å². The predicted molar refractivity (Wildman–Crippen MR) is 100 cm³/mol. The van der Waals surface area contributed by atoms with E-state index in [1.807, 2.05) is 0 Å². The van der Waals surface area contributed by atoms with Crippen molar-refractivity contribution in [3.05, 3.63) is 64.7 Å². The molecule has 10 heteroatoms. The average Bonchev–Trinajstić information content (AvgIpc) is 2.60. The first kappa shape index (κ1) is 22.4. The lowest BCUT2D eigenvalue weighted by molar-refractivity contribution is -0.137. The first-order valence-corrected chi connectivity index (χ1v) is 9.86. The summed E-state index contributed by atoms with van der Waals surface area (Å²) in [5, 5.41) is 8.15. The Labute approximate surface area is 165 Å². The van der Waals surface area contributed by atoms with Crippen LogP contribution in [0.15, 0.2) is 42.5 Å². The highest BCUT2D eigenvalue weighted by molar-refractivity contribution is 7.94. The van der Waals surface area contributed by atoms with Gasteiger partial charge in [-0.25, -0.2) is 17.5 Å². The Hall–Kier alpha value is -2.88. The van der Waals surface area contributed by atoms with Gasteiger partial charge < -0.3 is 5.11 Å². The van der Waals surface area contributed by atoms with Crippen molar-refractivity contribution >= 4 is 27.6 Å². The van der Waals surface area contributed by atoms with Crippen molar-refractivity contribution in [2.24, 2.45) is 0 Å². The standard InChI is InChI=1S/C19H18F3NO5S/c1-11(2)29(27,28)23(14-9-12(3)8-13(10-14)19(20,21)22)17(24)15-6-4-5-7-16(15)18(25)26/h4-11H,1-3H3,(H,25,26). The second-order valence-electron chi connectivity index (χ2n) is 6.57. The summed E-state index contributed by atoms with van der Waals surface area (Å²) in [4.78, 5) is 24.5. The number of sulfonamides is 1. The van der Waals surface area contributed by atoms with E-state index in [-0.39, 0.29) is 9.87 Å². The first-order valence-electron chi connectivity index (χ1n) is 8.36. The van der Waals surface area contributed by atoms with Crippen LogP contribution in [0, 0.1) is 6.92 Å². The fraction of sp³-hybridized carbons (Fsp3) is 0.263. The zero-order valence-corrected chi connectivity index (χ0v) is 16.5. The van der Waals surface area contributed by atoms with E-state index in [1.165, 1.54) is 32.9 Å². The number of benzene rings is 2. The maximum atomic E-state index is 13.2. The van der Waals surface area contributed by atoms with Crippen molar-refractivity contribution in [1.29, 1.82) is 0 Å². The summed E-state index contributed by atoms with van der Waals surface area (Å²) < 4.78 is 65.7. The molecule has 156 valence electrons. The molecule has 0 fully saturated rings.